The zero-order valence-electron chi connectivity index (χ0n) is 13.4. The fourth-order valence-electron chi connectivity index (χ4n) is 3.37. The van der Waals surface area contributed by atoms with Crippen LogP contribution in [0.1, 0.15) is 38.3 Å². The van der Waals surface area contributed by atoms with Crippen LogP contribution in [0.4, 0.5) is 0 Å². The first-order chi connectivity index (χ1) is 10.0. The fourth-order valence-corrected chi connectivity index (χ4v) is 3.50. The van der Waals surface area contributed by atoms with E-state index in [0.29, 0.717) is 6.04 Å². The Morgan fingerprint density at radius 1 is 1.29 bits per heavy atom. The lowest BCUT2D eigenvalue weighted by Crippen LogP contribution is -2.47. The molecule has 1 heterocycles. The Kier molecular flexibility index (Phi) is 6.06. The lowest BCUT2D eigenvalue weighted by molar-refractivity contribution is 0.122. The van der Waals surface area contributed by atoms with Gasteiger partial charge in [0, 0.05) is 30.2 Å². The Morgan fingerprint density at radius 2 is 1.95 bits per heavy atom. The van der Waals surface area contributed by atoms with Gasteiger partial charge in [-0.05, 0) is 51.1 Å². The smallest absolute Gasteiger partial charge is 0.0502 e. The number of halogens is 1. The maximum absolute atomic E-state index is 6.48. The summed E-state index contributed by atoms with van der Waals surface area (Å²) in [6, 6.07) is 9.14. The van der Waals surface area contributed by atoms with E-state index >= 15 is 0 Å². The average Bonchev–Trinajstić information content (AvgIpc) is 2.62. The van der Waals surface area contributed by atoms with Gasteiger partial charge < -0.3 is 10.6 Å². The minimum absolute atomic E-state index is 0.150. The van der Waals surface area contributed by atoms with Gasteiger partial charge in [-0.2, -0.15) is 0 Å². The second-order valence-electron chi connectivity index (χ2n) is 6.27. The third kappa shape index (κ3) is 4.19. The molecule has 1 saturated heterocycles. The van der Waals surface area contributed by atoms with Crippen LogP contribution in [0.25, 0.3) is 0 Å². The molecule has 0 radical (unpaired) electrons. The molecule has 2 rings (SSSR count). The van der Waals surface area contributed by atoms with Crippen molar-refractivity contribution in [2.45, 2.75) is 44.8 Å². The zero-order chi connectivity index (χ0) is 15.4. The van der Waals surface area contributed by atoms with Crippen LogP contribution < -0.4 is 5.73 Å². The summed E-state index contributed by atoms with van der Waals surface area (Å²) in [5.41, 5.74) is 7.76. The molecular formula is C17H28ClN3. The van der Waals surface area contributed by atoms with Crippen molar-refractivity contribution in [2.24, 2.45) is 5.73 Å². The fraction of sp³-hybridized carbons (Fsp3) is 0.647. The summed E-state index contributed by atoms with van der Waals surface area (Å²) in [4.78, 5) is 5.00. The molecule has 0 spiro atoms. The topological polar surface area (TPSA) is 32.5 Å². The van der Waals surface area contributed by atoms with Gasteiger partial charge >= 0.3 is 0 Å². The molecule has 0 aromatic heterocycles. The van der Waals surface area contributed by atoms with Gasteiger partial charge in [0.1, 0.15) is 0 Å². The highest BCUT2D eigenvalue weighted by Gasteiger charge is 2.30. The normalized spacial score (nSPS) is 24.5. The molecule has 118 valence electrons. The molecule has 1 aromatic carbocycles. The molecule has 3 nitrogen and oxygen atoms in total. The summed E-state index contributed by atoms with van der Waals surface area (Å²) in [6.07, 6.45) is 2.17. The van der Waals surface area contributed by atoms with Crippen molar-refractivity contribution in [1.29, 1.82) is 0 Å². The minimum Gasteiger partial charge on any atom is -0.326 e. The van der Waals surface area contributed by atoms with Crippen molar-refractivity contribution in [3.8, 4) is 0 Å². The van der Waals surface area contributed by atoms with Crippen LogP contribution in [0.3, 0.4) is 0 Å². The molecule has 0 bridgehead atoms. The van der Waals surface area contributed by atoms with E-state index in [0.717, 1.165) is 31.1 Å². The van der Waals surface area contributed by atoms with Crippen molar-refractivity contribution >= 4 is 11.6 Å². The van der Waals surface area contributed by atoms with Crippen LogP contribution in [0.2, 0.25) is 5.02 Å². The van der Waals surface area contributed by atoms with E-state index in [1.54, 1.807) is 0 Å². The van der Waals surface area contributed by atoms with Crippen LogP contribution in [0.5, 0.6) is 0 Å². The largest absolute Gasteiger partial charge is 0.326 e. The number of nitrogens with two attached hydrogens (primary N) is 1. The first kappa shape index (κ1) is 16.8. The number of likely N-dealkylation sites (N-methyl/N-ethyl adjacent to an activating group) is 1. The van der Waals surface area contributed by atoms with Crippen LogP contribution in [-0.4, -0.2) is 48.6 Å². The molecule has 1 aliphatic heterocycles. The first-order valence-electron chi connectivity index (χ1n) is 7.98. The van der Waals surface area contributed by atoms with Crippen molar-refractivity contribution in [3.05, 3.63) is 34.9 Å². The van der Waals surface area contributed by atoms with E-state index in [9.17, 15) is 0 Å². The van der Waals surface area contributed by atoms with Gasteiger partial charge in [0.25, 0.3) is 0 Å². The summed E-state index contributed by atoms with van der Waals surface area (Å²) in [5, 5.41) is 0.784. The van der Waals surface area contributed by atoms with E-state index in [2.05, 4.69) is 42.8 Å². The Morgan fingerprint density at radius 3 is 2.57 bits per heavy atom. The zero-order valence-corrected chi connectivity index (χ0v) is 14.2. The second-order valence-corrected chi connectivity index (χ2v) is 6.71. The summed E-state index contributed by atoms with van der Waals surface area (Å²) in [6.45, 7) is 7.85. The number of hydrogen-bond donors (Lipinski definition) is 1. The van der Waals surface area contributed by atoms with E-state index in [1.165, 1.54) is 12.0 Å². The molecule has 0 saturated carbocycles. The van der Waals surface area contributed by atoms with Crippen LogP contribution in [-0.2, 0) is 0 Å². The average molecular weight is 310 g/mol. The highest BCUT2D eigenvalue weighted by molar-refractivity contribution is 6.30. The monoisotopic (exact) mass is 309 g/mol. The molecular weight excluding hydrogens is 282 g/mol. The van der Waals surface area contributed by atoms with Gasteiger partial charge in [-0.15, -0.1) is 0 Å². The highest BCUT2D eigenvalue weighted by atomic mass is 35.5. The van der Waals surface area contributed by atoms with Gasteiger partial charge in [-0.3, -0.25) is 4.90 Å². The maximum Gasteiger partial charge on any atom is 0.0502 e. The van der Waals surface area contributed by atoms with Crippen LogP contribution in [0.15, 0.2) is 24.3 Å². The third-order valence-corrected chi connectivity index (χ3v) is 4.80. The van der Waals surface area contributed by atoms with E-state index in [-0.39, 0.29) is 12.1 Å². The number of rotatable bonds is 4. The van der Waals surface area contributed by atoms with E-state index in [4.69, 9.17) is 17.3 Å². The van der Waals surface area contributed by atoms with Gasteiger partial charge in [0.05, 0.1) is 6.04 Å². The number of benzene rings is 1. The summed E-state index contributed by atoms with van der Waals surface area (Å²) >= 11 is 6.04. The molecule has 3 unspecified atom stereocenters. The Hall–Kier alpha value is -0.610. The molecule has 3 atom stereocenters. The van der Waals surface area contributed by atoms with Crippen LogP contribution in [0, 0.1) is 0 Å². The standard InChI is InChI=1S/C17H28ClN3/c1-4-16(19)17(14-6-8-15(18)9-7-14)21-11-5-10-20(3)12-13(21)2/h6-9,13,16-17H,4-5,10-12,19H2,1-3H3. The molecule has 21 heavy (non-hydrogen) atoms. The Balaban J connectivity index is 2.28. The molecule has 4 heteroatoms. The predicted molar refractivity (Wildman–Crippen MR) is 90.7 cm³/mol. The van der Waals surface area contributed by atoms with E-state index in [1.807, 2.05) is 12.1 Å². The molecule has 1 aliphatic rings. The van der Waals surface area contributed by atoms with Gasteiger partial charge in [0.15, 0.2) is 0 Å². The molecule has 0 aliphatic carbocycles. The van der Waals surface area contributed by atoms with Gasteiger partial charge in [-0.25, -0.2) is 0 Å². The lowest BCUT2D eigenvalue weighted by Gasteiger charge is -2.39. The minimum atomic E-state index is 0.150. The molecule has 1 fully saturated rings. The van der Waals surface area contributed by atoms with Crippen molar-refractivity contribution in [3.63, 3.8) is 0 Å². The SMILES string of the molecule is CCC(N)C(c1ccc(Cl)cc1)N1CCCN(C)CC1C. The van der Waals surface area contributed by atoms with Gasteiger partial charge in [0.2, 0.25) is 0 Å². The van der Waals surface area contributed by atoms with Crippen molar-refractivity contribution in [1.82, 2.24) is 9.80 Å². The van der Waals surface area contributed by atoms with Crippen LogP contribution >= 0.6 is 11.6 Å². The van der Waals surface area contributed by atoms with E-state index < -0.39 is 0 Å². The molecule has 1 aromatic rings. The summed E-state index contributed by atoms with van der Waals surface area (Å²) in [7, 11) is 2.21. The summed E-state index contributed by atoms with van der Waals surface area (Å²) < 4.78 is 0. The Bertz CT molecular complexity index is 434. The maximum atomic E-state index is 6.48. The highest BCUT2D eigenvalue weighted by Crippen LogP contribution is 2.29. The predicted octanol–water partition coefficient (Wildman–Crippen LogP) is 3.14. The number of hydrogen-bond acceptors (Lipinski definition) is 3. The molecule has 0 amide bonds. The van der Waals surface area contributed by atoms with Gasteiger partial charge in [-0.1, -0.05) is 30.7 Å². The first-order valence-corrected chi connectivity index (χ1v) is 8.36. The molecule has 2 N–H and O–H groups in total. The quantitative estimate of drug-likeness (QED) is 0.927. The Labute approximate surface area is 134 Å². The lowest BCUT2D eigenvalue weighted by atomic mass is 9.95. The second kappa shape index (κ2) is 7.59. The number of nitrogens with zero attached hydrogens (tertiary/aromatic N) is 2. The third-order valence-electron chi connectivity index (χ3n) is 4.54. The summed E-state index contributed by atoms with van der Waals surface area (Å²) in [5.74, 6) is 0. The van der Waals surface area contributed by atoms with Crippen molar-refractivity contribution < 1.29 is 0 Å². The van der Waals surface area contributed by atoms with Crippen molar-refractivity contribution in [2.75, 3.05) is 26.7 Å².